The maximum Gasteiger partial charge on any atom is 0.443 e. The van der Waals surface area contributed by atoms with Gasteiger partial charge in [-0.25, -0.2) is 4.98 Å². The van der Waals surface area contributed by atoms with Crippen LogP contribution < -0.4 is 5.32 Å². The Hall–Kier alpha value is -1.15. The summed E-state index contributed by atoms with van der Waals surface area (Å²) in [5.74, 6) is 0.112. The van der Waals surface area contributed by atoms with Crippen LogP contribution in [0.2, 0.25) is 0 Å². The first-order valence-electron chi connectivity index (χ1n) is 8.19. The molecule has 1 amide bonds. The van der Waals surface area contributed by atoms with Gasteiger partial charge in [0.2, 0.25) is 0 Å². The number of nitrogens with zero attached hydrogens (tertiary/aromatic N) is 2. The minimum absolute atomic E-state index is 0.173. The Kier molecular flexibility index (Phi) is 5.91. The molecule has 0 aromatic carbocycles. The first kappa shape index (κ1) is 19.2. The van der Waals surface area contributed by atoms with E-state index in [2.05, 4.69) is 22.1 Å². The van der Waals surface area contributed by atoms with E-state index >= 15 is 0 Å². The average Bonchev–Trinajstić information content (AvgIpc) is 3.03. The minimum Gasteiger partial charge on any atom is -0.349 e. The van der Waals surface area contributed by atoms with Gasteiger partial charge in [-0.1, -0.05) is 13.3 Å². The number of hydrogen-bond acceptors (Lipinski definition) is 4. The molecule has 1 fully saturated rings. The van der Waals surface area contributed by atoms with Gasteiger partial charge in [0.1, 0.15) is 5.69 Å². The lowest BCUT2D eigenvalue weighted by atomic mass is 9.91. The number of carbonyl (C=O) groups is 1. The summed E-state index contributed by atoms with van der Waals surface area (Å²) in [6.45, 7) is 8.63. The zero-order valence-electron chi connectivity index (χ0n) is 14.2. The van der Waals surface area contributed by atoms with Crippen LogP contribution in [0.3, 0.4) is 0 Å². The molecule has 2 rings (SSSR count). The predicted molar refractivity (Wildman–Crippen MR) is 88.1 cm³/mol. The fourth-order valence-corrected chi connectivity index (χ4v) is 3.62. The number of nitrogens with one attached hydrogen (secondary N) is 1. The summed E-state index contributed by atoms with van der Waals surface area (Å²) in [5.41, 5.74) is -0.417. The number of aromatic nitrogens is 1. The van der Waals surface area contributed by atoms with Crippen molar-refractivity contribution in [3.05, 3.63) is 16.1 Å². The van der Waals surface area contributed by atoms with Gasteiger partial charge in [-0.15, -0.1) is 11.3 Å². The molecule has 0 spiro atoms. The molecule has 0 unspecified atom stereocenters. The van der Waals surface area contributed by atoms with Crippen molar-refractivity contribution in [3.8, 4) is 0 Å². The first-order valence-corrected chi connectivity index (χ1v) is 9.07. The van der Waals surface area contributed by atoms with Crippen molar-refractivity contribution in [1.29, 1.82) is 0 Å². The second-order valence-electron chi connectivity index (χ2n) is 6.89. The first-order chi connectivity index (χ1) is 11.1. The van der Waals surface area contributed by atoms with E-state index in [-0.39, 0.29) is 11.2 Å². The third-order valence-electron chi connectivity index (χ3n) is 4.61. The van der Waals surface area contributed by atoms with Crippen molar-refractivity contribution in [2.24, 2.45) is 5.92 Å². The van der Waals surface area contributed by atoms with Gasteiger partial charge in [-0.3, -0.25) is 9.69 Å². The Labute approximate surface area is 144 Å². The molecule has 1 aliphatic rings. The quantitative estimate of drug-likeness (QED) is 0.866. The highest BCUT2D eigenvalue weighted by Gasteiger charge is 2.36. The summed E-state index contributed by atoms with van der Waals surface area (Å²) in [5, 5.41) is 2.89. The van der Waals surface area contributed by atoms with E-state index in [0.717, 1.165) is 31.3 Å². The number of amides is 1. The van der Waals surface area contributed by atoms with Gasteiger partial charge < -0.3 is 5.32 Å². The van der Waals surface area contributed by atoms with Crippen LogP contribution in [0.5, 0.6) is 0 Å². The highest BCUT2D eigenvalue weighted by molar-refractivity contribution is 7.09. The molecule has 0 bridgehead atoms. The zero-order valence-corrected chi connectivity index (χ0v) is 15.1. The zero-order chi connectivity index (χ0) is 18.0. The predicted octanol–water partition coefficient (Wildman–Crippen LogP) is 3.79. The number of carbonyl (C=O) groups excluding carboxylic acids is 1. The molecule has 1 N–H and O–H groups in total. The Morgan fingerprint density at radius 2 is 2.17 bits per heavy atom. The highest BCUT2D eigenvalue weighted by Crippen LogP contribution is 2.31. The number of rotatable bonds is 5. The van der Waals surface area contributed by atoms with Crippen LogP contribution >= 0.6 is 11.3 Å². The Bertz CT molecular complexity index is 571. The SMILES string of the molecule is CC[C@@H]1CCCN(C(C)(C)CNC(=O)c2csc(C(F)(F)F)n2)C1. The van der Waals surface area contributed by atoms with Crippen LogP contribution in [-0.4, -0.2) is 41.0 Å². The van der Waals surface area contributed by atoms with Gasteiger partial charge >= 0.3 is 6.18 Å². The molecule has 136 valence electrons. The molecule has 1 aliphatic heterocycles. The molecular formula is C16H24F3N3OS. The van der Waals surface area contributed by atoms with Gasteiger partial charge in [0, 0.05) is 24.0 Å². The lowest BCUT2D eigenvalue weighted by molar-refractivity contribution is -0.137. The number of hydrogen-bond donors (Lipinski definition) is 1. The van der Waals surface area contributed by atoms with Crippen molar-refractivity contribution in [3.63, 3.8) is 0 Å². The van der Waals surface area contributed by atoms with Gasteiger partial charge in [-0.2, -0.15) is 13.2 Å². The molecule has 1 aromatic heterocycles. The van der Waals surface area contributed by atoms with Crippen molar-refractivity contribution < 1.29 is 18.0 Å². The van der Waals surface area contributed by atoms with Crippen LogP contribution in [0.25, 0.3) is 0 Å². The summed E-state index contributed by atoms with van der Waals surface area (Å²) in [6.07, 6.45) is -1.01. The molecule has 2 heterocycles. The van der Waals surface area contributed by atoms with Crippen LogP contribution in [0.15, 0.2) is 5.38 Å². The molecular weight excluding hydrogens is 339 g/mol. The lowest BCUT2D eigenvalue weighted by Gasteiger charge is -2.43. The normalized spacial score (nSPS) is 20.2. The maximum atomic E-state index is 12.6. The van der Waals surface area contributed by atoms with E-state index in [4.69, 9.17) is 0 Å². The molecule has 8 heteroatoms. The maximum absolute atomic E-state index is 12.6. The molecule has 24 heavy (non-hydrogen) atoms. The minimum atomic E-state index is -4.51. The number of likely N-dealkylation sites (tertiary alicyclic amines) is 1. The Balaban J connectivity index is 1.93. The summed E-state index contributed by atoms with van der Waals surface area (Å²) in [4.78, 5) is 17.8. The second-order valence-corrected chi connectivity index (χ2v) is 7.75. The molecule has 0 radical (unpaired) electrons. The molecule has 1 atom stereocenters. The van der Waals surface area contributed by atoms with Crippen molar-refractivity contribution >= 4 is 17.2 Å². The summed E-state index contributed by atoms with van der Waals surface area (Å²) < 4.78 is 37.7. The Morgan fingerprint density at radius 1 is 1.46 bits per heavy atom. The summed E-state index contributed by atoms with van der Waals surface area (Å²) in [7, 11) is 0. The van der Waals surface area contributed by atoms with Crippen LogP contribution in [-0.2, 0) is 6.18 Å². The monoisotopic (exact) mass is 363 g/mol. The van der Waals surface area contributed by atoms with E-state index in [0.29, 0.717) is 23.8 Å². The summed E-state index contributed by atoms with van der Waals surface area (Å²) >= 11 is 0.442. The third-order valence-corrected chi connectivity index (χ3v) is 5.50. The van der Waals surface area contributed by atoms with E-state index in [9.17, 15) is 18.0 Å². The van der Waals surface area contributed by atoms with E-state index in [1.165, 1.54) is 6.42 Å². The smallest absolute Gasteiger partial charge is 0.349 e. The second kappa shape index (κ2) is 7.39. The van der Waals surface area contributed by atoms with Gasteiger partial charge in [0.25, 0.3) is 5.91 Å². The number of alkyl halides is 3. The van der Waals surface area contributed by atoms with E-state index < -0.39 is 17.1 Å². The third kappa shape index (κ3) is 4.69. The van der Waals surface area contributed by atoms with Crippen molar-refractivity contribution in [2.45, 2.75) is 51.7 Å². The Morgan fingerprint density at radius 3 is 2.75 bits per heavy atom. The topological polar surface area (TPSA) is 45.2 Å². The standard InChI is InChI=1S/C16H24F3N3OS/c1-4-11-6-5-7-22(8-11)15(2,3)10-20-13(23)12-9-24-14(21-12)16(17,18)19/h9,11H,4-8,10H2,1-3H3,(H,20,23)/t11-/m1/s1. The van der Waals surface area contributed by atoms with E-state index in [1.54, 1.807) is 0 Å². The number of halogens is 3. The molecule has 1 aromatic rings. The van der Waals surface area contributed by atoms with Gasteiger partial charge in [-0.05, 0) is 39.2 Å². The van der Waals surface area contributed by atoms with E-state index in [1.807, 2.05) is 13.8 Å². The largest absolute Gasteiger partial charge is 0.443 e. The van der Waals surface area contributed by atoms with Gasteiger partial charge in [0.15, 0.2) is 5.01 Å². The fourth-order valence-electron chi connectivity index (χ4n) is 2.96. The summed E-state index contributed by atoms with van der Waals surface area (Å²) in [6, 6.07) is 0. The average molecular weight is 363 g/mol. The van der Waals surface area contributed by atoms with Crippen molar-refractivity contribution in [1.82, 2.24) is 15.2 Å². The number of piperidine rings is 1. The number of thiazole rings is 1. The molecule has 1 saturated heterocycles. The van der Waals surface area contributed by atoms with Crippen LogP contribution in [0, 0.1) is 5.92 Å². The van der Waals surface area contributed by atoms with Crippen molar-refractivity contribution in [2.75, 3.05) is 19.6 Å². The molecule has 0 aliphatic carbocycles. The highest BCUT2D eigenvalue weighted by atomic mass is 32.1. The van der Waals surface area contributed by atoms with Crippen LogP contribution in [0.4, 0.5) is 13.2 Å². The lowest BCUT2D eigenvalue weighted by Crippen LogP contribution is -2.54. The molecule has 4 nitrogen and oxygen atoms in total. The fraction of sp³-hybridized carbons (Fsp3) is 0.750. The van der Waals surface area contributed by atoms with Gasteiger partial charge in [0.05, 0.1) is 0 Å². The molecule has 0 saturated carbocycles. The van der Waals surface area contributed by atoms with Crippen LogP contribution in [0.1, 0.15) is 55.5 Å².